The maximum Gasteiger partial charge on any atom is 0.335 e. The zero-order valence-corrected chi connectivity index (χ0v) is 15.9. The van der Waals surface area contributed by atoms with Crippen LogP contribution in [0.1, 0.15) is 31.1 Å². The minimum absolute atomic E-state index is 0.121. The largest absolute Gasteiger partial charge is 0.335 e. The molecule has 0 saturated carbocycles. The zero-order chi connectivity index (χ0) is 19.7. The van der Waals surface area contributed by atoms with Gasteiger partial charge in [-0.3, -0.25) is 19.3 Å². The summed E-state index contributed by atoms with van der Waals surface area (Å²) in [5.41, 5.74) is 1.19. The van der Waals surface area contributed by atoms with Gasteiger partial charge >= 0.3 is 17.8 Å². The average molecular weight is 386 g/mol. The van der Waals surface area contributed by atoms with Crippen LogP contribution in [0, 0.1) is 0 Å². The van der Waals surface area contributed by atoms with Crippen LogP contribution < -0.4 is 4.90 Å². The van der Waals surface area contributed by atoms with Crippen LogP contribution in [0.2, 0.25) is 0 Å². The second-order valence-corrected chi connectivity index (χ2v) is 6.97. The first-order chi connectivity index (χ1) is 12.8. The molecule has 0 radical (unpaired) electrons. The highest BCUT2D eigenvalue weighted by Gasteiger charge is 2.47. The molecule has 1 aliphatic heterocycles. The molecule has 2 heterocycles. The summed E-state index contributed by atoms with van der Waals surface area (Å²) < 4.78 is 0. The smallest absolute Gasteiger partial charge is 0.292 e. The predicted octanol–water partition coefficient (Wildman–Crippen LogP) is 2.18. The van der Waals surface area contributed by atoms with Gasteiger partial charge < -0.3 is 0 Å². The minimum Gasteiger partial charge on any atom is -0.292 e. The monoisotopic (exact) mass is 386 g/mol. The fourth-order valence-corrected chi connectivity index (χ4v) is 3.53. The molecule has 1 atom stereocenters. The van der Waals surface area contributed by atoms with Crippen LogP contribution in [0.4, 0.5) is 9.93 Å². The van der Waals surface area contributed by atoms with Crippen molar-refractivity contribution in [3.63, 3.8) is 0 Å². The van der Waals surface area contributed by atoms with E-state index in [9.17, 15) is 19.2 Å². The number of thiazole rings is 1. The van der Waals surface area contributed by atoms with Crippen molar-refractivity contribution in [2.24, 2.45) is 0 Å². The van der Waals surface area contributed by atoms with Crippen LogP contribution in [0.15, 0.2) is 35.7 Å². The molecule has 0 spiro atoms. The number of nitrogens with zero attached hydrogens (tertiary/aromatic N) is 4. The molecule has 0 N–H and O–H groups in total. The first-order valence-electron chi connectivity index (χ1n) is 8.24. The molecule has 3 rings (SSSR count). The molecule has 0 bridgehead atoms. The van der Waals surface area contributed by atoms with Crippen molar-refractivity contribution in [3.8, 4) is 0 Å². The minimum atomic E-state index is -0.878. The molecule has 5 amide bonds. The molecule has 1 aromatic carbocycles. The Bertz CT molecular complexity index is 911. The lowest BCUT2D eigenvalue weighted by atomic mass is 10.1. The second-order valence-electron chi connectivity index (χ2n) is 6.14. The summed E-state index contributed by atoms with van der Waals surface area (Å²) in [4.78, 5) is 56.3. The quantitative estimate of drug-likeness (QED) is 0.580. The summed E-state index contributed by atoms with van der Waals surface area (Å²) >= 11 is 1.22. The molecule has 1 aromatic heterocycles. The Morgan fingerprint density at radius 1 is 1.19 bits per heavy atom. The van der Waals surface area contributed by atoms with E-state index >= 15 is 0 Å². The van der Waals surface area contributed by atoms with Crippen molar-refractivity contribution < 1.29 is 19.2 Å². The van der Waals surface area contributed by atoms with Gasteiger partial charge in [0, 0.05) is 19.4 Å². The number of rotatable bonds is 5. The van der Waals surface area contributed by atoms with Crippen LogP contribution in [-0.2, 0) is 20.9 Å². The van der Waals surface area contributed by atoms with Crippen molar-refractivity contribution >= 4 is 40.2 Å². The van der Waals surface area contributed by atoms with Gasteiger partial charge in [0.1, 0.15) is 0 Å². The standard InChI is InChI=1S/C18H18N4O4S/c1-11(13-7-5-4-6-8-13)22-16(25)15(24)21(18(22)26)9-14-10-27-17(19-14)20(3)12(2)23/h4-8,10-11H,9H2,1-3H3. The number of aromatic nitrogens is 1. The molecule has 1 aliphatic rings. The number of carbonyl (C=O) groups is 4. The molecule has 9 heteroatoms. The van der Waals surface area contributed by atoms with Gasteiger partial charge in [0.15, 0.2) is 5.13 Å². The normalized spacial score (nSPS) is 15.4. The maximum absolute atomic E-state index is 12.7. The summed E-state index contributed by atoms with van der Waals surface area (Å²) in [5, 5.41) is 2.11. The number of anilines is 1. The fourth-order valence-electron chi connectivity index (χ4n) is 2.70. The fraction of sp³-hybridized carbons (Fsp3) is 0.278. The Balaban J connectivity index is 1.80. The molecular weight excluding hydrogens is 368 g/mol. The van der Waals surface area contributed by atoms with Gasteiger partial charge in [-0.2, -0.15) is 0 Å². The molecule has 2 aromatic rings. The predicted molar refractivity (Wildman–Crippen MR) is 98.8 cm³/mol. The molecular formula is C18H18N4O4S. The molecule has 1 unspecified atom stereocenters. The number of hydrogen-bond donors (Lipinski definition) is 0. The topological polar surface area (TPSA) is 90.9 Å². The van der Waals surface area contributed by atoms with Gasteiger partial charge in [-0.1, -0.05) is 30.3 Å². The Labute approximate surface area is 160 Å². The van der Waals surface area contributed by atoms with Gasteiger partial charge in [0.05, 0.1) is 18.3 Å². The van der Waals surface area contributed by atoms with E-state index in [2.05, 4.69) is 4.98 Å². The van der Waals surface area contributed by atoms with E-state index in [-0.39, 0.29) is 12.5 Å². The Hall–Kier alpha value is -3.07. The van der Waals surface area contributed by atoms with Gasteiger partial charge in [0.2, 0.25) is 5.91 Å². The van der Waals surface area contributed by atoms with Crippen LogP contribution in [0.5, 0.6) is 0 Å². The number of urea groups is 1. The van der Waals surface area contributed by atoms with Crippen LogP contribution in [0.3, 0.4) is 0 Å². The third kappa shape index (κ3) is 3.45. The van der Waals surface area contributed by atoms with E-state index in [1.54, 1.807) is 43.6 Å². The van der Waals surface area contributed by atoms with E-state index in [1.165, 1.54) is 23.2 Å². The summed E-state index contributed by atoms with van der Waals surface area (Å²) in [6, 6.07) is 7.80. The lowest BCUT2D eigenvalue weighted by molar-refractivity contribution is -0.144. The van der Waals surface area contributed by atoms with E-state index < -0.39 is 23.9 Å². The van der Waals surface area contributed by atoms with E-state index in [1.807, 2.05) is 6.07 Å². The van der Waals surface area contributed by atoms with Gasteiger partial charge in [-0.25, -0.2) is 19.6 Å². The second kappa shape index (κ2) is 7.28. The summed E-state index contributed by atoms with van der Waals surface area (Å²) in [6.07, 6.45) is 0. The van der Waals surface area contributed by atoms with Crippen molar-refractivity contribution in [1.29, 1.82) is 0 Å². The van der Waals surface area contributed by atoms with Crippen molar-refractivity contribution in [1.82, 2.24) is 14.8 Å². The zero-order valence-electron chi connectivity index (χ0n) is 15.1. The van der Waals surface area contributed by atoms with Gasteiger partial charge in [-0.05, 0) is 12.5 Å². The van der Waals surface area contributed by atoms with Crippen LogP contribution >= 0.6 is 11.3 Å². The van der Waals surface area contributed by atoms with E-state index in [0.717, 1.165) is 15.4 Å². The number of benzene rings is 1. The molecule has 140 valence electrons. The van der Waals surface area contributed by atoms with E-state index in [4.69, 9.17) is 0 Å². The first kappa shape index (κ1) is 18.7. The average Bonchev–Trinajstić information content (AvgIpc) is 3.20. The van der Waals surface area contributed by atoms with Gasteiger partial charge in [0.25, 0.3) is 0 Å². The number of imide groups is 2. The van der Waals surface area contributed by atoms with Crippen LogP contribution in [-0.4, -0.2) is 45.6 Å². The highest BCUT2D eigenvalue weighted by molar-refractivity contribution is 7.14. The summed E-state index contributed by atoms with van der Waals surface area (Å²) in [7, 11) is 1.59. The highest BCUT2D eigenvalue weighted by Crippen LogP contribution is 2.28. The summed E-state index contributed by atoms with van der Waals surface area (Å²) in [6.45, 7) is 2.99. The third-order valence-electron chi connectivity index (χ3n) is 4.37. The highest BCUT2D eigenvalue weighted by atomic mass is 32.1. The summed E-state index contributed by atoms with van der Waals surface area (Å²) in [5.74, 6) is -1.91. The van der Waals surface area contributed by atoms with Crippen molar-refractivity contribution in [2.45, 2.75) is 26.4 Å². The van der Waals surface area contributed by atoms with Crippen molar-refractivity contribution in [3.05, 3.63) is 47.0 Å². The van der Waals surface area contributed by atoms with Crippen molar-refractivity contribution in [2.75, 3.05) is 11.9 Å². The SMILES string of the molecule is CC(=O)N(C)c1nc(CN2C(=O)C(=O)N(C(C)c3ccccc3)C2=O)cs1. The lowest BCUT2D eigenvalue weighted by Gasteiger charge is -2.22. The third-order valence-corrected chi connectivity index (χ3v) is 5.34. The molecule has 27 heavy (non-hydrogen) atoms. The Morgan fingerprint density at radius 2 is 1.85 bits per heavy atom. The molecule has 0 aliphatic carbocycles. The number of amides is 5. The number of hydrogen-bond acceptors (Lipinski definition) is 6. The first-order valence-corrected chi connectivity index (χ1v) is 9.12. The lowest BCUT2D eigenvalue weighted by Crippen LogP contribution is -2.35. The van der Waals surface area contributed by atoms with Gasteiger partial charge in [-0.15, -0.1) is 11.3 Å². The van der Waals surface area contributed by atoms with Crippen LogP contribution in [0.25, 0.3) is 0 Å². The molecule has 1 fully saturated rings. The molecule has 1 saturated heterocycles. The maximum atomic E-state index is 12.7. The van der Waals surface area contributed by atoms with E-state index in [0.29, 0.717) is 10.8 Å². The number of carbonyl (C=O) groups excluding carboxylic acids is 4. The molecule has 8 nitrogen and oxygen atoms in total. The Morgan fingerprint density at radius 3 is 2.48 bits per heavy atom. The Kier molecular flexibility index (Phi) is 5.04.